The van der Waals surface area contributed by atoms with Crippen molar-refractivity contribution in [2.24, 2.45) is 5.92 Å². The summed E-state index contributed by atoms with van der Waals surface area (Å²) in [6.45, 7) is 14.7. The number of carbonyl (C=O) groups is 2. The van der Waals surface area contributed by atoms with Crippen LogP contribution in [0.1, 0.15) is 76.8 Å². The highest BCUT2D eigenvalue weighted by atomic mass is 32.1. The fraction of sp³-hybridized carbons (Fsp3) is 0.750. The molecule has 0 radical (unpaired) electrons. The first kappa shape index (κ1) is 23.4. The van der Waals surface area contributed by atoms with Gasteiger partial charge in [0, 0.05) is 24.4 Å². The largest absolute Gasteiger partial charge is 0.461 e. The summed E-state index contributed by atoms with van der Waals surface area (Å²) in [6, 6.07) is 0.0507. The molecule has 0 aliphatic carbocycles. The number of hydrogen-bond acceptors (Lipinski definition) is 6. The Morgan fingerprint density at radius 2 is 1.93 bits per heavy atom. The van der Waals surface area contributed by atoms with Crippen molar-refractivity contribution in [3.05, 3.63) is 16.1 Å². The molecule has 0 fully saturated rings. The van der Waals surface area contributed by atoms with Gasteiger partial charge in [0.1, 0.15) is 5.60 Å². The third-order valence-corrected chi connectivity index (χ3v) is 4.86. The van der Waals surface area contributed by atoms with E-state index in [4.69, 9.17) is 9.47 Å². The maximum Gasteiger partial charge on any atom is 0.410 e. The van der Waals surface area contributed by atoms with Crippen molar-refractivity contribution >= 4 is 23.4 Å². The summed E-state index contributed by atoms with van der Waals surface area (Å²) in [5, 5.41) is 2.61. The zero-order chi connectivity index (χ0) is 20.6. The van der Waals surface area contributed by atoms with E-state index in [-0.39, 0.29) is 24.0 Å². The molecule has 1 atom stereocenters. The molecule has 1 aromatic heterocycles. The number of ether oxygens (including phenoxy) is 2. The van der Waals surface area contributed by atoms with Crippen molar-refractivity contribution in [3.8, 4) is 0 Å². The Bertz CT molecular complexity index is 607. The molecule has 0 aromatic carbocycles. The molecule has 0 aliphatic rings. The van der Waals surface area contributed by atoms with Gasteiger partial charge in [0.2, 0.25) is 0 Å². The van der Waals surface area contributed by atoms with Crippen LogP contribution in [0, 0.1) is 5.92 Å². The van der Waals surface area contributed by atoms with Gasteiger partial charge in [0.05, 0.1) is 11.6 Å². The predicted octanol–water partition coefficient (Wildman–Crippen LogP) is 4.92. The molecular formula is C20H34N2O4S. The molecule has 1 amide bonds. The minimum atomic E-state index is -0.519. The van der Waals surface area contributed by atoms with E-state index >= 15 is 0 Å². The predicted molar refractivity (Wildman–Crippen MR) is 108 cm³/mol. The first-order chi connectivity index (χ1) is 12.6. The van der Waals surface area contributed by atoms with Crippen LogP contribution in [0.5, 0.6) is 0 Å². The van der Waals surface area contributed by atoms with Crippen LogP contribution < -0.4 is 0 Å². The molecule has 27 heavy (non-hydrogen) atoms. The van der Waals surface area contributed by atoms with Gasteiger partial charge >= 0.3 is 12.1 Å². The van der Waals surface area contributed by atoms with Crippen LogP contribution in [0.2, 0.25) is 0 Å². The number of amides is 1. The summed E-state index contributed by atoms with van der Waals surface area (Å²) >= 11 is 1.45. The monoisotopic (exact) mass is 398 g/mol. The topological polar surface area (TPSA) is 68.7 Å². The minimum Gasteiger partial charge on any atom is -0.461 e. The molecule has 0 saturated heterocycles. The number of aryl methyl sites for hydroxylation is 1. The molecule has 1 heterocycles. The molecule has 6 nitrogen and oxygen atoms in total. The van der Waals surface area contributed by atoms with Gasteiger partial charge in [-0.3, -0.25) is 0 Å². The van der Waals surface area contributed by atoms with Gasteiger partial charge in [-0.2, -0.15) is 0 Å². The number of aromatic nitrogens is 1. The number of rotatable bonds is 9. The van der Waals surface area contributed by atoms with Gasteiger partial charge in [-0.05, 0) is 46.5 Å². The zero-order valence-corrected chi connectivity index (χ0v) is 18.5. The number of carbonyl (C=O) groups excluding carboxylic acids is 2. The van der Waals surface area contributed by atoms with E-state index in [0.717, 1.165) is 17.8 Å². The highest BCUT2D eigenvalue weighted by Gasteiger charge is 2.29. The fourth-order valence-corrected chi connectivity index (χ4v) is 3.58. The highest BCUT2D eigenvalue weighted by Crippen LogP contribution is 2.22. The molecule has 0 saturated carbocycles. The van der Waals surface area contributed by atoms with E-state index in [0.29, 0.717) is 25.3 Å². The van der Waals surface area contributed by atoms with Gasteiger partial charge in [0.25, 0.3) is 0 Å². The standard InChI is InChI=1S/C20H34N2O4S/c1-8-12-22(19(24)26-20(5,6)7)16(14(3)4)10-11-17-21-15(13-27-17)18(23)25-9-2/h13-14,16H,8-12H2,1-7H3. The Kier molecular flexibility index (Phi) is 9.22. The van der Waals surface area contributed by atoms with Crippen LogP contribution in [-0.2, 0) is 15.9 Å². The van der Waals surface area contributed by atoms with Crippen LogP contribution in [0.15, 0.2) is 5.38 Å². The van der Waals surface area contributed by atoms with Gasteiger partial charge < -0.3 is 14.4 Å². The summed E-state index contributed by atoms with van der Waals surface area (Å²) in [5.41, 5.74) is -0.162. The van der Waals surface area contributed by atoms with Crippen LogP contribution in [-0.4, -0.2) is 46.7 Å². The van der Waals surface area contributed by atoms with E-state index in [1.807, 2.05) is 25.7 Å². The van der Waals surface area contributed by atoms with E-state index in [1.165, 1.54) is 11.3 Å². The third-order valence-electron chi connectivity index (χ3n) is 3.95. The summed E-state index contributed by atoms with van der Waals surface area (Å²) < 4.78 is 10.6. The second-order valence-corrected chi connectivity index (χ2v) is 8.81. The summed E-state index contributed by atoms with van der Waals surface area (Å²) in [7, 11) is 0. The van der Waals surface area contributed by atoms with Gasteiger partial charge in [-0.1, -0.05) is 20.8 Å². The summed E-state index contributed by atoms with van der Waals surface area (Å²) in [5.74, 6) is -0.102. The molecule has 1 aromatic rings. The quantitative estimate of drug-likeness (QED) is 0.552. The number of thiazole rings is 1. The second kappa shape index (κ2) is 10.6. The number of hydrogen-bond donors (Lipinski definition) is 0. The molecule has 1 rings (SSSR count). The Morgan fingerprint density at radius 1 is 1.26 bits per heavy atom. The molecular weight excluding hydrogens is 364 g/mol. The van der Waals surface area contributed by atoms with Crippen LogP contribution in [0.4, 0.5) is 4.79 Å². The lowest BCUT2D eigenvalue weighted by Gasteiger charge is -2.35. The second-order valence-electron chi connectivity index (χ2n) is 7.87. The average molecular weight is 399 g/mol. The summed E-state index contributed by atoms with van der Waals surface area (Å²) in [4.78, 5) is 30.7. The maximum absolute atomic E-state index is 12.7. The van der Waals surface area contributed by atoms with Gasteiger partial charge in [-0.25, -0.2) is 14.6 Å². The number of esters is 1. The molecule has 1 unspecified atom stereocenters. The molecule has 0 N–H and O–H groups in total. The molecule has 7 heteroatoms. The lowest BCUT2D eigenvalue weighted by atomic mass is 9.97. The summed E-state index contributed by atoms with van der Waals surface area (Å²) in [6.07, 6.45) is 2.07. The van der Waals surface area contributed by atoms with Gasteiger partial charge in [-0.15, -0.1) is 11.3 Å². The lowest BCUT2D eigenvalue weighted by Crippen LogP contribution is -2.46. The Balaban J connectivity index is 2.84. The van der Waals surface area contributed by atoms with Crippen molar-refractivity contribution in [2.45, 2.75) is 79.4 Å². The molecule has 154 valence electrons. The molecule has 0 spiro atoms. The van der Waals surface area contributed by atoms with E-state index in [2.05, 4.69) is 25.8 Å². The fourth-order valence-electron chi connectivity index (χ4n) is 2.80. The highest BCUT2D eigenvalue weighted by molar-refractivity contribution is 7.09. The third kappa shape index (κ3) is 7.87. The van der Waals surface area contributed by atoms with Crippen molar-refractivity contribution in [1.29, 1.82) is 0 Å². The van der Waals surface area contributed by atoms with Crippen molar-refractivity contribution in [1.82, 2.24) is 9.88 Å². The van der Waals surface area contributed by atoms with Crippen LogP contribution >= 0.6 is 11.3 Å². The SMILES string of the molecule is CCCN(C(=O)OC(C)(C)C)C(CCc1nc(C(=O)OCC)cs1)C(C)C. The molecule has 0 aliphatic heterocycles. The van der Waals surface area contributed by atoms with Crippen molar-refractivity contribution in [3.63, 3.8) is 0 Å². The Morgan fingerprint density at radius 3 is 2.44 bits per heavy atom. The first-order valence-electron chi connectivity index (χ1n) is 9.70. The normalized spacial score (nSPS) is 12.7. The Hall–Kier alpha value is -1.63. The van der Waals surface area contributed by atoms with Crippen molar-refractivity contribution in [2.75, 3.05) is 13.2 Å². The Labute approximate surface area is 167 Å². The van der Waals surface area contributed by atoms with Gasteiger partial charge in [0.15, 0.2) is 5.69 Å². The van der Waals surface area contributed by atoms with E-state index in [9.17, 15) is 9.59 Å². The van der Waals surface area contributed by atoms with Crippen LogP contribution in [0.25, 0.3) is 0 Å². The maximum atomic E-state index is 12.7. The smallest absolute Gasteiger partial charge is 0.410 e. The lowest BCUT2D eigenvalue weighted by molar-refractivity contribution is 0.00996. The molecule has 0 bridgehead atoms. The van der Waals surface area contributed by atoms with E-state index < -0.39 is 5.60 Å². The van der Waals surface area contributed by atoms with Crippen molar-refractivity contribution < 1.29 is 19.1 Å². The first-order valence-corrected chi connectivity index (χ1v) is 10.6. The minimum absolute atomic E-state index is 0.0507. The average Bonchev–Trinajstić information content (AvgIpc) is 3.01. The number of nitrogens with zero attached hydrogens (tertiary/aromatic N) is 2. The van der Waals surface area contributed by atoms with E-state index in [1.54, 1.807) is 12.3 Å². The van der Waals surface area contributed by atoms with Crippen LogP contribution in [0.3, 0.4) is 0 Å². The zero-order valence-electron chi connectivity index (χ0n) is 17.7.